The molecule has 0 aliphatic rings. The Bertz CT molecular complexity index is 911. The summed E-state index contributed by atoms with van der Waals surface area (Å²) in [4.78, 5) is 14.3. The first-order chi connectivity index (χ1) is 12.6. The maximum absolute atomic E-state index is 13.6. The van der Waals surface area contributed by atoms with Crippen LogP contribution in [0.1, 0.15) is 29.7 Å². The number of carbonyl (C=O) groups excluding carboxylic acids is 1. The van der Waals surface area contributed by atoms with Gasteiger partial charge in [0.25, 0.3) is 0 Å². The predicted molar refractivity (Wildman–Crippen MR) is 104 cm³/mol. The Morgan fingerprint density at radius 3 is 2.37 bits per heavy atom. The smallest absolute Gasteiger partial charge is 0.234 e. The van der Waals surface area contributed by atoms with Crippen molar-refractivity contribution in [1.29, 1.82) is 0 Å². The second-order valence-electron chi connectivity index (χ2n) is 6.79. The van der Waals surface area contributed by atoms with Crippen molar-refractivity contribution in [2.24, 2.45) is 0 Å². The molecule has 0 bridgehead atoms. The van der Waals surface area contributed by atoms with Gasteiger partial charge in [0.2, 0.25) is 5.91 Å². The van der Waals surface area contributed by atoms with Gasteiger partial charge in [-0.1, -0.05) is 24.3 Å². The number of hydrogen-bond acceptors (Lipinski definition) is 4. The van der Waals surface area contributed by atoms with E-state index in [2.05, 4.69) is 5.32 Å². The Hall–Kier alpha value is -2.25. The fourth-order valence-corrected chi connectivity index (χ4v) is 3.24. The molecule has 1 amide bonds. The third-order valence-corrected chi connectivity index (χ3v) is 5.70. The Balaban J connectivity index is 1.92. The van der Waals surface area contributed by atoms with E-state index in [-0.39, 0.29) is 35.8 Å². The number of rotatable bonds is 7. The van der Waals surface area contributed by atoms with E-state index in [1.807, 2.05) is 18.9 Å². The molecule has 27 heavy (non-hydrogen) atoms. The van der Waals surface area contributed by atoms with Crippen molar-refractivity contribution in [3.05, 3.63) is 65.0 Å². The minimum absolute atomic E-state index is 0.0684. The lowest BCUT2D eigenvalue weighted by atomic mass is 10.1. The van der Waals surface area contributed by atoms with E-state index < -0.39 is 9.84 Å². The molecule has 2 aromatic rings. The van der Waals surface area contributed by atoms with Crippen LogP contribution in [-0.2, 0) is 21.2 Å². The molecule has 2 aromatic carbocycles. The van der Waals surface area contributed by atoms with Gasteiger partial charge in [0, 0.05) is 18.8 Å². The van der Waals surface area contributed by atoms with Crippen LogP contribution in [0.5, 0.6) is 0 Å². The van der Waals surface area contributed by atoms with Gasteiger partial charge >= 0.3 is 0 Å². The number of hydrogen-bond donors (Lipinski definition) is 1. The molecule has 5 nitrogen and oxygen atoms in total. The molecular weight excluding hydrogens is 367 g/mol. The van der Waals surface area contributed by atoms with Crippen LogP contribution in [0.4, 0.5) is 4.39 Å². The van der Waals surface area contributed by atoms with E-state index in [0.29, 0.717) is 11.1 Å². The molecule has 0 spiro atoms. The molecular formula is C20H25FN2O3S. The van der Waals surface area contributed by atoms with Gasteiger partial charge in [-0.2, -0.15) is 0 Å². The molecule has 7 heteroatoms. The van der Waals surface area contributed by atoms with E-state index in [1.165, 1.54) is 12.3 Å². The summed E-state index contributed by atoms with van der Waals surface area (Å²) in [7, 11) is -1.41. The number of halogens is 1. The van der Waals surface area contributed by atoms with Crippen LogP contribution < -0.4 is 5.32 Å². The maximum Gasteiger partial charge on any atom is 0.234 e. The van der Waals surface area contributed by atoms with Crippen LogP contribution in [0.2, 0.25) is 0 Å². The molecule has 1 N–H and O–H groups in total. The molecule has 1 unspecified atom stereocenters. The number of likely N-dealkylation sites (N-methyl/N-ethyl adjacent to an activating group) is 1. The lowest BCUT2D eigenvalue weighted by Gasteiger charge is -2.24. The van der Waals surface area contributed by atoms with Crippen LogP contribution in [0.25, 0.3) is 0 Å². The van der Waals surface area contributed by atoms with E-state index in [9.17, 15) is 17.6 Å². The second kappa shape index (κ2) is 8.63. The van der Waals surface area contributed by atoms with Crippen LogP contribution in [0, 0.1) is 12.7 Å². The first-order valence-electron chi connectivity index (χ1n) is 8.60. The van der Waals surface area contributed by atoms with Crippen molar-refractivity contribution < 1.29 is 17.6 Å². The standard InChI is InChI=1S/C20H25FN2O3S/c1-14-5-6-16(11-19(14)21)12-22-20(24)13-23(3)15(2)17-7-9-18(10-8-17)27(4,25)26/h5-11,15H,12-13H2,1-4H3,(H,22,24). The zero-order valence-corrected chi connectivity index (χ0v) is 16.8. The number of sulfone groups is 1. The van der Waals surface area contributed by atoms with Gasteiger partial charge < -0.3 is 5.32 Å². The van der Waals surface area contributed by atoms with E-state index in [4.69, 9.17) is 0 Å². The normalized spacial score (nSPS) is 12.8. The van der Waals surface area contributed by atoms with Gasteiger partial charge in [-0.15, -0.1) is 0 Å². The summed E-state index contributed by atoms with van der Waals surface area (Å²) in [5.74, 6) is -0.455. The Morgan fingerprint density at radius 2 is 1.81 bits per heavy atom. The Morgan fingerprint density at radius 1 is 1.19 bits per heavy atom. The average molecular weight is 392 g/mol. The van der Waals surface area contributed by atoms with Crippen LogP contribution >= 0.6 is 0 Å². The third-order valence-electron chi connectivity index (χ3n) is 4.57. The quantitative estimate of drug-likeness (QED) is 0.787. The van der Waals surface area contributed by atoms with Crippen molar-refractivity contribution in [1.82, 2.24) is 10.2 Å². The summed E-state index contributed by atoms with van der Waals surface area (Å²) in [6.45, 7) is 4.07. The molecule has 0 saturated heterocycles. The van der Waals surface area contributed by atoms with Crippen molar-refractivity contribution in [2.45, 2.75) is 31.3 Å². The Labute approximate surface area is 160 Å². The number of amides is 1. The van der Waals surface area contributed by atoms with Crippen LogP contribution in [0.3, 0.4) is 0 Å². The summed E-state index contributed by atoms with van der Waals surface area (Å²) in [6, 6.07) is 11.5. The van der Waals surface area contributed by atoms with Gasteiger partial charge in [-0.05, 0) is 55.8 Å². The summed E-state index contributed by atoms with van der Waals surface area (Å²) in [5.41, 5.74) is 2.19. The molecule has 0 heterocycles. The van der Waals surface area contributed by atoms with E-state index in [1.54, 1.807) is 43.3 Å². The number of benzene rings is 2. The van der Waals surface area contributed by atoms with E-state index >= 15 is 0 Å². The maximum atomic E-state index is 13.6. The van der Waals surface area contributed by atoms with Crippen molar-refractivity contribution >= 4 is 15.7 Å². The summed E-state index contributed by atoms with van der Waals surface area (Å²) < 4.78 is 36.6. The van der Waals surface area contributed by atoms with Gasteiger partial charge in [-0.3, -0.25) is 9.69 Å². The zero-order chi connectivity index (χ0) is 20.2. The van der Waals surface area contributed by atoms with Crippen LogP contribution in [0.15, 0.2) is 47.4 Å². The first kappa shape index (κ1) is 21.1. The summed E-state index contributed by atoms with van der Waals surface area (Å²) >= 11 is 0. The number of aryl methyl sites for hydroxylation is 1. The van der Waals surface area contributed by atoms with Crippen molar-refractivity contribution in [3.63, 3.8) is 0 Å². The van der Waals surface area contributed by atoms with Crippen molar-refractivity contribution in [3.8, 4) is 0 Å². The number of nitrogens with one attached hydrogen (secondary N) is 1. The molecule has 0 aromatic heterocycles. The lowest BCUT2D eigenvalue weighted by molar-refractivity contribution is -0.122. The highest BCUT2D eigenvalue weighted by Gasteiger charge is 2.16. The van der Waals surface area contributed by atoms with Gasteiger partial charge in [0.05, 0.1) is 11.4 Å². The summed E-state index contributed by atoms with van der Waals surface area (Å²) in [6.07, 6.45) is 1.17. The molecule has 146 valence electrons. The predicted octanol–water partition coefficient (Wildman–Crippen LogP) is 2.85. The second-order valence-corrected chi connectivity index (χ2v) is 8.81. The molecule has 0 fully saturated rings. The SMILES string of the molecule is Cc1ccc(CNC(=O)CN(C)C(C)c2ccc(S(C)(=O)=O)cc2)cc1F. The fraction of sp³-hybridized carbons (Fsp3) is 0.350. The first-order valence-corrected chi connectivity index (χ1v) is 10.5. The molecule has 0 saturated carbocycles. The van der Waals surface area contributed by atoms with Gasteiger partial charge in [-0.25, -0.2) is 12.8 Å². The van der Waals surface area contributed by atoms with E-state index in [0.717, 1.165) is 5.56 Å². The largest absolute Gasteiger partial charge is 0.351 e. The molecule has 0 aliphatic heterocycles. The van der Waals surface area contributed by atoms with Gasteiger partial charge in [0.1, 0.15) is 5.82 Å². The zero-order valence-electron chi connectivity index (χ0n) is 16.0. The third kappa shape index (κ3) is 5.87. The van der Waals surface area contributed by atoms with Gasteiger partial charge in [0.15, 0.2) is 9.84 Å². The molecule has 0 radical (unpaired) electrons. The summed E-state index contributed by atoms with van der Waals surface area (Å²) in [5, 5.41) is 2.79. The molecule has 2 rings (SSSR count). The highest BCUT2D eigenvalue weighted by atomic mass is 32.2. The fourth-order valence-electron chi connectivity index (χ4n) is 2.61. The number of nitrogens with zero attached hydrogens (tertiary/aromatic N) is 1. The minimum Gasteiger partial charge on any atom is -0.351 e. The topological polar surface area (TPSA) is 66.5 Å². The number of carbonyl (C=O) groups is 1. The highest BCUT2D eigenvalue weighted by Crippen LogP contribution is 2.20. The van der Waals surface area contributed by atoms with Crippen molar-refractivity contribution in [2.75, 3.05) is 19.8 Å². The average Bonchev–Trinajstić information content (AvgIpc) is 2.61. The lowest BCUT2D eigenvalue weighted by Crippen LogP contribution is -2.36. The minimum atomic E-state index is -3.23. The molecule has 1 atom stereocenters. The highest BCUT2D eigenvalue weighted by molar-refractivity contribution is 7.90. The monoisotopic (exact) mass is 392 g/mol. The molecule has 0 aliphatic carbocycles. The van der Waals surface area contributed by atoms with Crippen LogP contribution in [-0.4, -0.2) is 39.1 Å². The Kier molecular flexibility index (Phi) is 6.73.